The molecule has 1 fully saturated rings. The van der Waals surface area contributed by atoms with Crippen LogP contribution < -0.4 is 19.5 Å². The van der Waals surface area contributed by atoms with Gasteiger partial charge in [0.25, 0.3) is 5.91 Å². The summed E-state index contributed by atoms with van der Waals surface area (Å²) in [6.45, 7) is 1.25. The second-order valence-corrected chi connectivity index (χ2v) is 8.27. The molecule has 0 atom stereocenters. The predicted molar refractivity (Wildman–Crippen MR) is 125 cm³/mol. The number of hydrogen-bond donors (Lipinski definition) is 1. The summed E-state index contributed by atoms with van der Waals surface area (Å²) < 4.78 is 61.3. The number of para-hydroxylation sites is 1. The zero-order chi connectivity index (χ0) is 25.7. The Morgan fingerprint density at radius 2 is 1.97 bits per heavy atom. The SMILES string of the molecule is CCOc1c(F)cccc1C(=O)NCc1nc(-c2ccc(OC(F)F)c(OCC3CC3)c2)oc1CC. The molecule has 7 nitrogen and oxygen atoms in total. The molecule has 1 aliphatic rings. The Morgan fingerprint density at radius 1 is 1.17 bits per heavy atom. The fourth-order valence-electron chi connectivity index (χ4n) is 3.60. The minimum atomic E-state index is -2.98. The molecule has 2 aromatic carbocycles. The van der Waals surface area contributed by atoms with Crippen LogP contribution >= 0.6 is 0 Å². The van der Waals surface area contributed by atoms with Crippen molar-refractivity contribution in [2.24, 2.45) is 5.92 Å². The van der Waals surface area contributed by atoms with Gasteiger partial charge in [-0.05, 0) is 56.0 Å². The third-order valence-corrected chi connectivity index (χ3v) is 5.59. The largest absolute Gasteiger partial charge is 0.490 e. The van der Waals surface area contributed by atoms with Gasteiger partial charge < -0.3 is 23.9 Å². The van der Waals surface area contributed by atoms with E-state index >= 15 is 0 Å². The number of nitrogens with zero attached hydrogens (tertiary/aromatic N) is 1. The first-order chi connectivity index (χ1) is 17.4. The Bertz CT molecular complexity index is 1210. The molecule has 3 aromatic rings. The summed E-state index contributed by atoms with van der Waals surface area (Å²) in [6.07, 6.45) is 2.59. The number of carbonyl (C=O) groups is 1. The smallest absolute Gasteiger partial charge is 0.387 e. The fourth-order valence-corrected chi connectivity index (χ4v) is 3.60. The maximum absolute atomic E-state index is 14.1. The highest BCUT2D eigenvalue weighted by Crippen LogP contribution is 2.36. The van der Waals surface area contributed by atoms with Gasteiger partial charge in [0.15, 0.2) is 23.1 Å². The van der Waals surface area contributed by atoms with Gasteiger partial charge in [0.1, 0.15) is 11.5 Å². The van der Waals surface area contributed by atoms with Crippen LogP contribution in [0.1, 0.15) is 48.5 Å². The van der Waals surface area contributed by atoms with Crippen molar-refractivity contribution in [1.29, 1.82) is 0 Å². The lowest BCUT2D eigenvalue weighted by Gasteiger charge is -2.12. The molecule has 10 heteroatoms. The van der Waals surface area contributed by atoms with Crippen LogP contribution in [0.2, 0.25) is 0 Å². The molecule has 192 valence electrons. The Balaban J connectivity index is 1.53. The van der Waals surface area contributed by atoms with E-state index in [2.05, 4.69) is 15.0 Å². The average molecular weight is 505 g/mol. The van der Waals surface area contributed by atoms with Crippen molar-refractivity contribution < 1.29 is 36.6 Å². The van der Waals surface area contributed by atoms with Gasteiger partial charge >= 0.3 is 6.61 Å². The minimum absolute atomic E-state index is 0.0329. The number of amides is 1. The molecule has 36 heavy (non-hydrogen) atoms. The Labute approximate surface area is 206 Å². The van der Waals surface area contributed by atoms with Gasteiger partial charge in [-0.3, -0.25) is 4.79 Å². The first-order valence-electron chi connectivity index (χ1n) is 11.8. The van der Waals surface area contributed by atoms with E-state index < -0.39 is 18.3 Å². The monoisotopic (exact) mass is 504 g/mol. The van der Waals surface area contributed by atoms with Crippen LogP contribution in [0.5, 0.6) is 17.2 Å². The zero-order valence-electron chi connectivity index (χ0n) is 20.0. The molecular formula is C26H27F3N2O5. The van der Waals surface area contributed by atoms with Crippen LogP contribution in [0.4, 0.5) is 13.2 Å². The van der Waals surface area contributed by atoms with Gasteiger partial charge in [-0.2, -0.15) is 8.78 Å². The first kappa shape index (κ1) is 25.4. The number of carbonyl (C=O) groups excluding carboxylic acids is 1. The van der Waals surface area contributed by atoms with E-state index in [-0.39, 0.29) is 41.9 Å². The summed E-state index contributed by atoms with van der Waals surface area (Å²) in [5.41, 5.74) is 1.08. The van der Waals surface area contributed by atoms with Crippen LogP contribution in [0.25, 0.3) is 11.5 Å². The number of halogens is 3. The van der Waals surface area contributed by atoms with E-state index in [9.17, 15) is 18.0 Å². The number of oxazole rings is 1. The highest BCUT2D eigenvalue weighted by atomic mass is 19.3. The van der Waals surface area contributed by atoms with Crippen LogP contribution in [0, 0.1) is 11.7 Å². The van der Waals surface area contributed by atoms with Gasteiger partial charge in [0.2, 0.25) is 5.89 Å². The van der Waals surface area contributed by atoms with E-state index in [1.54, 1.807) is 19.1 Å². The van der Waals surface area contributed by atoms with Gasteiger partial charge in [0, 0.05) is 12.0 Å². The molecule has 0 unspecified atom stereocenters. The summed E-state index contributed by atoms with van der Waals surface area (Å²) in [7, 11) is 0. The molecule has 0 aliphatic heterocycles. The number of rotatable bonds is 12. The van der Waals surface area contributed by atoms with Crippen molar-refractivity contribution in [2.75, 3.05) is 13.2 Å². The molecule has 0 radical (unpaired) electrons. The summed E-state index contributed by atoms with van der Waals surface area (Å²) in [4.78, 5) is 17.2. The molecule has 1 heterocycles. The molecule has 1 N–H and O–H groups in total. The van der Waals surface area contributed by atoms with Crippen molar-refractivity contribution >= 4 is 5.91 Å². The molecule has 1 saturated carbocycles. The van der Waals surface area contributed by atoms with E-state index in [1.165, 1.54) is 24.3 Å². The van der Waals surface area contributed by atoms with Crippen LogP contribution in [-0.2, 0) is 13.0 Å². The molecule has 0 spiro atoms. The molecule has 1 aliphatic carbocycles. The van der Waals surface area contributed by atoms with E-state index in [0.29, 0.717) is 36.0 Å². The van der Waals surface area contributed by atoms with Gasteiger partial charge in [-0.1, -0.05) is 13.0 Å². The van der Waals surface area contributed by atoms with E-state index in [1.807, 2.05) is 6.92 Å². The third-order valence-electron chi connectivity index (χ3n) is 5.59. The molecule has 1 aromatic heterocycles. The highest BCUT2D eigenvalue weighted by Gasteiger charge is 2.24. The lowest BCUT2D eigenvalue weighted by Crippen LogP contribution is -2.24. The van der Waals surface area contributed by atoms with Crippen LogP contribution in [-0.4, -0.2) is 30.7 Å². The minimum Gasteiger partial charge on any atom is -0.490 e. The normalized spacial score (nSPS) is 13.1. The summed E-state index contributed by atoms with van der Waals surface area (Å²) in [5, 5.41) is 2.73. The Morgan fingerprint density at radius 3 is 2.67 bits per heavy atom. The van der Waals surface area contributed by atoms with Gasteiger partial charge in [-0.15, -0.1) is 0 Å². The predicted octanol–water partition coefficient (Wildman–Crippen LogP) is 5.76. The second-order valence-electron chi connectivity index (χ2n) is 8.27. The summed E-state index contributed by atoms with van der Waals surface area (Å²) >= 11 is 0. The number of nitrogens with one attached hydrogen (secondary N) is 1. The molecule has 0 saturated heterocycles. The zero-order valence-corrected chi connectivity index (χ0v) is 20.0. The first-order valence-corrected chi connectivity index (χ1v) is 11.8. The number of alkyl halides is 2. The Hall–Kier alpha value is -3.69. The number of aromatic nitrogens is 1. The standard InChI is InChI=1S/C26H27F3N2O5/c1-3-20-19(13-30-24(32)17-6-5-7-18(27)23(17)33-4-2)31-25(35-20)16-10-11-21(36-26(28)29)22(12-16)34-14-15-8-9-15/h5-7,10-12,15,26H,3-4,8-9,13-14H2,1-2H3,(H,30,32). The number of hydrogen-bond acceptors (Lipinski definition) is 6. The van der Waals surface area contributed by atoms with Gasteiger partial charge in [-0.25, -0.2) is 9.37 Å². The lowest BCUT2D eigenvalue weighted by atomic mass is 10.1. The molecule has 0 bridgehead atoms. The molecular weight excluding hydrogens is 477 g/mol. The van der Waals surface area contributed by atoms with Crippen molar-refractivity contribution in [3.63, 3.8) is 0 Å². The van der Waals surface area contributed by atoms with Gasteiger partial charge in [0.05, 0.1) is 25.3 Å². The highest BCUT2D eigenvalue weighted by molar-refractivity contribution is 5.96. The van der Waals surface area contributed by atoms with Crippen molar-refractivity contribution in [1.82, 2.24) is 10.3 Å². The number of aryl methyl sites for hydroxylation is 1. The maximum Gasteiger partial charge on any atom is 0.387 e. The second kappa shape index (κ2) is 11.4. The van der Waals surface area contributed by atoms with Crippen LogP contribution in [0.3, 0.4) is 0 Å². The van der Waals surface area contributed by atoms with Crippen molar-refractivity contribution in [3.8, 4) is 28.7 Å². The molecule has 1 amide bonds. The number of ether oxygens (including phenoxy) is 3. The van der Waals surface area contributed by atoms with E-state index in [0.717, 1.165) is 12.8 Å². The van der Waals surface area contributed by atoms with Crippen molar-refractivity contribution in [2.45, 2.75) is 46.3 Å². The maximum atomic E-state index is 14.1. The topological polar surface area (TPSA) is 82.8 Å². The molecule has 4 rings (SSSR count). The average Bonchev–Trinajstić information content (AvgIpc) is 3.60. The lowest BCUT2D eigenvalue weighted by molar-refractivity contribution is -0.0515. The fraction of sp³-hybridized carbons (Fsp3) is 0.385. The van der Waals surface area contributed by atoms with Crippen molar-refractivity contribution in [3.05, 3.63) is 59.2 Å². The number of benzene rings is 2. The van der Waals surface area contributed by atoms with E-state index in [4.69, 9.17) is 13.9 Å². The summed E-state index contributed by atoms with van der Waals surface area (Å²) in [6, 6.07) is 8.62. The summed E-state index contributed by atoms with van der Waals surface area (Å²) in [5.74, 6) is 0.0663. The van der Waals surface area contributed by atoms with Crippen LogP contribution in [0.15, 0.2) is 40.8 Å². The third kappa shape index (κ3) is 6.10. The quantitative estimate of drug-likeness (QED) is 0.338. The Kier molecular flexibility index (Phi) is 8.02.